The van der Waals surface area contributed by atoms with Gasteiger partial charge in [-0.2, -0.15) is 0 Å². The summed E-state index contributed by atoms with van der Waals surface area (Å²) < 4.78 is 29.3. The van der Waals surface area contributed by atoms with Crippen molar-refractivity contribution in [2.75, 3.05) is 34.2 Å². The molecule has 1 saturated heterocycles. The van der Waals surface area contributed by atoms with Gasteiger partial charge in [0.05, 0.1) is 21.8 Å². The highest BCUT2D eigenvalue weighted by atomic mass is 32.2. The number of carboxylic acid groups (broad SMARTS) is 1. The van der Waals surface area contributed by atoms with Crippen molar-refractivity contribution in [1.82, 2.24) is 0 Å². The second-order valence-electron chi connectivity index (χ2n) is 9.24. The number of sulfonamides is 1. The van der Waals surface area contributed by atoms with Gasteiger partial charge in [0.25, 0.3) is 10.0 Å². The summed E-state index contributed by atoms with van der Waals surface area (Å²) in [6.45, 7) is 9.96. The number of nitrogens with one attached hydrogen (secondary N) is 1. The smallest absolute Gasteiger partial charge is 0.335 e. The van der Waals surface area contributed by atoms with Gasteiger partial charge in [-0.05, 0) is 75.2 Å². The molecule has 0 bridgehead atoms. The average Bonchev–Trinajstić information content (AvgIpc) is 2.78. The molecule has 0 saturated carbocycles. The van der Waals surface area contributed by atoms with Crippen LogP contribution in [-0.4, -0.2) is 45.2 Å². The maximum absolute atomic E-state index is 13.3. The van der Waals surface area contributed by atoms with Crippen LogP contribution in [0.15, 0.2) is 65.6 Å². The van der Waals surface area contributed by atoms with E-state index in [1.165, 1.54) is 17.7 Å². The number of nitrogens with zero attached hydrogens (tertiary/aromatic N) is 2. The molecule has 2 N–H and O–H groups in total. The van der Waals surface area contributed by atoms with Crippen molar-refractivity contribution in [3.05, 3.63) is 82.9 Å². The number of piperazine rings is 1. The van der Waals surface area contributed by atoms with Crippen molar-refractivity contribution in [2.45, 2.75) is 38.6 Å². The summed E-state index contributed by atoms with van der Waals surface area (Å²) in [5.41, 5.74) is 4.92. The molecule has 7 nitrogen and oxygen atoms in total. The van der Waals surface area contributed by atoms with Gasteiger partial charge in [-0.15, -0.1) is 0 Å². The fourth-order valence-corrected chi connectivity index (χ4v) is 5.99. The zero-order chi connectivity index (χ0) is 25.3. The normalized spacial score (nSPS) is 16.3. The fourth-order valence-electron chi connectivity index (χ4n) is 4.69. The largest absolute Gasteiger partial charge is 0.478 e. The molecule has 1 aliphatic heterocycles. The molecule has 0 unspecified atom stereocenters. The zero-order valence-electron chi connectivity index (χ0n) is 20.4. The second-order valence-corrected chi connectivity index (χ2v) is 10.9. The minimum absolute atomic E-state index is 0.0264. The van der Waals surface area contributed by atoms with Crippen molar-refractivity contribution in [1.29, 1.82) is 0 Å². The van der Waals surface area contributed by atoms with Crippen LogP contribution < -0.4 is 14.5 Å². The summed E-state index contributed by atoms with van der Waals surface area (Å²) in [5.74, 6) is -1.11. The van der Waals surface area contributed by atoms with Gasteiger partial charge in [0.1, 0.15) is 0 Å². The fraction of sp³-hybridized carbons (Fsp3) is 0.296. The maximum Gasteiger partial charge on any atom is 0.335 e. The Bertz CT molecular complexity index is 1370. The lowest BCUT2D eigenvalue weighted by Gasteiger charge is -2.43. The molecular formula is C27H31N3O4S. The van der Waals surface area contributed by atoms with E-state index in [2.05, 4.69) is 46.6 Å². The van der Waals surface area contributed by atoms with E-state index in [4.69, 9.17) is 0 Å². The number of benzene rings is 3. The van der Waals surface area contributed by atoms with Crippen LogP contribution in [0, 0.1) is 20.8 Å². The average molecular weight is 494 g/mol. The SMILES string of the molecule is Cc1cccc(N2CCN(c3ccc(C(=O)O)cc3NS(=O)(=O)c3ccc(C)cc3C)C[C@H]2C)c1. The van der Waals surface area contributed by atoms with Gasteiger partial charge in [0, 0.05) is 31.4 Å². The Morgan fingerprint density at radius 3 is 2.37 bits per heavy atom. The third kappa shape index (κ3) is 5.27. The predicted molar refractivity (Wildman–Crippen MR) is 140 cm³/mol. The van der Waals surface area contributed by atoms with Crippen molar-refractivity contribution < 1.29 is 18.3 Å². The molecule has 0 aliphatic carbocycles. The molecule has 3 aromatic carbocycles. The first-order valence-electron chi connectivity index (χ1n) is 11.6. The summed E-state index contributed by atoms with van der Waals surface area (Å²) in [5, 5.41) is 9.53. The number of carboxylic acids is 1. The van der Waals surface area contributed by atoms with E-state index in [1.807, 2.05) is 19.1 Å². The van der Waals surface area contributed by atoms with Crippen molar-refractivity contribution in [3.8, 4) is 0 Å². The van der Waals surface area contributed by atoms with Crippen molar-refractivity contribution in [2.24, 2.45) is 0 Å². The lowest BCUT2D eigenvalue weighted by Crippen LogP contribution is -2.52. The Hall–Kier alpha value is -3.52. The van der Waals surface area contributed by atoms with E-state index in [0.29, 0.717) is 24.3 Å². The van der Waals surface area contributed by atoms with Gasteiger partial charge in [0.2, 0.25) is 0 Å². The number of hydrogen-bond acceptors (Lipinski definition) is 5. The Labute approximate surface area is 207 Å². The number of rotatable bonds is 6. The lowest BCUT2D eigenvalue weighted by molar-refractivity contribution is 0.0697. The van der Waals surface area contributed by atoms with Crippen LogP contribution in [0.4, 0.5) is 17.1 Å². The van der Waals surface area contributed by atoms with Crippen LogP contribution in [0.1, 0.15) is 34.0 Å². The minimum atomic E-state index is -3.92. The quantitative estimate of drug-likeness (QED) is 0.511. The predicted octanol–water partition coefficient (Wildman–Crippen LogP) is 4.83. The Morgan fingerprint density at radius 2 is 1.71 bits per heavy atom. The second kappa shape index (κ2) is 9.62. The molecule has 4 rings (SSSR count). The molecule has 8 heteroatoms. The molecule has 184 valence electrons. The van der Waals surface area contributed by atoms with Crippen LogP contribution in [0.2, 0.25) is 0 Å². The molecule has 0 amide bonds. The number of hydrogen-bond donors (Lipinski definition) is 2. The molecule has 1 fully saturated rings. The highest BCUT2D eigenvalue weighted by Crippen LogP contribution is 2.33. The van der Waals surface area contributed by atoms with Crippen LogP contribution in [0.5, 0.6) is 0 Å². The summed E-state index contributed by atoms with van der Waals surface area (Å²) in [7, 11) is -3.92. The highest BCUT2D eigenvalue weighted by molar-refractivity contribution is 7.92. The molecule has 0 spiro atoms. The Kier molecular flexibility index (Phi) is 6.76. The van der Waals surface area contributed by atoms with Gasteiger partial charge >= 0.3 is 5.97 Å². The topological polar surface area (TPSA) is 89.9 Å². The summed E-state index contributed by atoms with van der Waals surface area (Å²) >= 11 is 0. The first-order valence-corrected chi connectivity index (χ1v) is 13.1. The number of anilines is 3. The van der Waals surface area contributed by atoms with E-state index in [1.54, 1.807) is 25.1 Å². The molecule has 1 atom stereocenters. The van der Waals surface area contributed by atoms with E-state index in [9.17, 15) is 18.3 Å². The monoisotopic (exact) mass is 493 g/mol. The van der Waals surface area contributed by atoms with Gasteiger partial charge in [0.15, 0.2) is 0 Å². The van der Waals surface area contributed by atoms with Gasteiger partial charge < -0.3 is 14.9 Å². The third-order valence-corrected chi connectivity index (χ3v) is 7.93. The van der Waals surface area contributed by atoms with Crippen LogP contribution in [-0.2, 0) is 10.0 Å². The highest BCUT2D eigenvalue weighted by Gasteiger charge is 2.27. The van der Waals surface area contributed by atoms with Gasteiger partial charge in [-0.25, -0.2) is 13.2 Å². The molecule has 0 radical (unpaired) electrons. The van der Waals surface area contributed by atoms with E-state index in [-0.39, 0.29) is 22.2 Å². The van der Waals surface area contributed by atoms with E-state index in [0.717, 1.165) is 17.8 Å². The summed E-state index contributed by atoms with van der Waals surface area (Å²) in [6.07, 6.45) is 0. The van der Waals surface area contributed by atoms with Crippen molar-refractivity contribution >= 4 is 33.1 Å². The Balaban J connectivity index is 1.65. The third-order valence-electron chi connectivity index (χ3n) is 6.41. The first kappa shape index (κ1) is 24.6. The molecule has 1 heterocycles. The maximum atomic E-state index is 13.3. The van der Waals surface area contributed by atoms with Crippen LogP contribution in [0.3, 0.4) is 0 Å². The van der Waals surface area contributed by atoms with Crippen molar-refractivity contribution in [3.63, 3.8) is 0 Å². The van der Waals surface area contributed by atoms with Gasteiger partial charge in [-0.3, -0.25) is 4.72 Å². The van der Waals surface area contributed by atoms with Crippen LogP contribution in [0.25, 0.3) is 0 Å². The molecule has 3 aromatic rings. The standard InChI is InChI=1S/C27H31N3O4S/c1-18-6-5-7-23(15-18)30-13-12-29(17-21(30)4)25-10-9-22(27(31)32)16-24(25)28-35(33,34)26-11-8-19(2)14-20(26)3/h5-11,14-16,21,28H,12-13,17H2,1-4H3,(H,31,32)/t21-/m1/s1. The number of aromatic carboxylic acids is 1. The Morgan fingerprint density at radius 1 is 0.971 bits per heavy atom. The molecule has 1 aliphatic rings. The van der Waals surface area contributed by atoms with Gasteiger partial charge in [-0.1, -0.05) is 29.8 Å². The number of aryl methyl sites for hydroxylation is 3. The lowest BCUT2D eigenvalue weighted by atomic mass is 10.1. The molecule has 0 aromatic heterocycles. The summed E-state index contributed by atoms with van der Waals surface area (Å²) in [4.78, 5) is 16.3. The van der Waals surface area contributed by atoms with E-state index >= 15 is 0 Å². The van der Waals surface area contributed by atoms with Crippen LogP contribution >= 0.6 is 0 Å². The van der Waals surface area contributed by atoms with E-state index < -0.39 is 16.0 Å². The zero-order valence-corrected chi connectivity index (χ0v) is 21.3. The minimum Gasteiger partial charge on any atom is -0.478 e. The molecule has 35 heavy (non-hydrogen) atoms. The number of carbonyl (C=O) groups is 1. The summed E-state index contributed by atoms with van der Waals surface area (Å²) in [6, 6.07) is 18.3. The molecular weight excluding hydrogens is 462 g/mol. The first-order chi connectivity index (χ1) is 16.5.